The van der Waals surface area contributed by atoms with Crippen molar-refractivity contribution in [3.05, 3.63) is 89.2 Å². The minimum atomic E-state index is -0.157. The van der Waals surface area contributed by atoms with Crippen LogP contribution in [0.5, 0.6) is 0 Å². The number of amides is 1. The maximum atomic E-state index is 12.1. The number of hydrogen-bond donors (Lipinski definition) is 1. The molecular formula is C20H18ClN3O. The normalized spacial score (nSPS) is 12.2. The average Bonchev–Trinajstić information content (AvgIpc) is 3.10. The van der Waals surface area contributed by atoms with E-state index in [0.29, 0.717) is 5.02 Å². The van der Waals surface area contributed by atoms with Crippen molar-refractivity contribution in [3.63, 3.8) is 0 Å². The summed E-state index contributed by atoms with van der Waals surface area (Å²) in [7, 11) is 0. The molecule has 0 spiro atoms. The number of benzene rings is 2. The zero-order valence-electron chi connectivity index (χ0n) is 13.8. The highest BCUT2D eigenvalue weighted by Gasteiger charge is 2.07. The Balaban J connectivity index is 1.61. The number of carbonyl (C=O) groups is 1. The van der Waals surface area contributed by atoms with Gasteiger partial charge in [-0.1, -0.05) is 41.9 Å². The molecule has 3 rings (SSSR count). The molecule has 0 aliphatic carbocycles. The van der Waals surface area contributed by atoms with Gasteiger partial charge in [0.25, 0.3) is 0 Å². The lowest BCUT2D eigenvalue weighted by atomic mass is 10.1. The highest BCUT2D eigenvalue weighted by atomic mass is 35.5. The summed E-state index contributed by atoms with van der Waals surface area (Å²) in [5.74, 6) is -0.157. The molecule has 0 radical (unpaired) electrons. The Hall–Kier alpha value is -2.85. The molecule has 1 amide bonds. The lowest BCUT2D eigenvalue weighted by molar-refractivity contribution is -0.117. The predicted molar refractivity (Wildman–Crippen MR) is 101 cm³/mol. The van der Waals surface area contributed by atoms with Gasteiger partial charge in [0, 0.05) is 22.9 Å². The Morgan fingerprint density at radius 2 is 1.88 bits per heavy atom. The van der Waals surface area contributed by atoms with E-state index in [1.165, 1.54) is 6.08 Å². The van der Waals surface area contributed by atoms with Gasteiger partial charge in [0.2, 0.25) is 5.91 Å². The Morgan fingerprint density at radius 3 is 2.60 bits per heavy atom. The first kappa shape index (κ1) is 17.0. The third-order valence-electron chi connectivity index (χ3n) is 3.78. The minimum absolute atomic E-state index is 0.0959. The van der Waals surface area contributed by atoms with E-state index in [0.717, 1.165) is 16.8 Å². The largest absolute Gasteiger partial charge is 0.346 e. The SMILES string of the molecule is C[C@@H](NC(=O)/C=C/c1cnn(-c2ccccc2)c1)c1ccc(Cl)cc1. The van der Waals surface area contributed by atoms with Gasteiger partial charge >= 0.3 is 0 Å². The van der Waals surface area contributed by atoms with E-state index < -0.39 is 0 Å². The predicted octanol–water partition coefficient (Wildman–Crippen LogP) is 4.42. The summed E-state index contributed by atoms with van der Waals surface area (Å²) in [6.45, 7) is 1.93. The second-order valence-corrected chi connectivity index (χ2v) is 6.11. The van der Waals surface area contributed by atoms with Crippen LogP contribution in [0.1, 0.15) is 24.1 Å². The summed E-state index contributed by atoms with van der Waals surface area (Å²) in [6.07, 6.45) is 6.86. The molecule has 4 nitrogen and oxygen atoms in total. The topological polar surface area (TPSA) is 46.9 Å². The number of para-hydroxylation sites is 1. The fraction of sp³-hybridized carbons (Fsp3) is 0.100. The molecule has 0 saturated carbocycles. The first-order valence-electron chi connectivity index (χ1n) is 7.96. The van der Waals surface area contributed by atoms with Crippen LogP contribution in [0.3, 0.4) is 0 Å². The molecule has 5 heteroatoms. The summed E-state index contributed by atoms with van der Waals surface area (Å²) >= 11 is 5.88. The molecule has 0 bridgehead atoms. The molecule has 1 heterocycles. The maximum absolute atomic E-state index is 12.1. The lowest BCUT2D eigenvalue weighted by Gasteiger charge is -2.12. The van der Waals surface area contributed by atoms with Crippen LogP contribution in [0, 0.1) is 0 Å². The first-order valence-corrected chi connectivity index (χ1v) is 8.34. The highest BCUT2D eigenvalue weighted by molar-refractivity contribution is 6.30. The van der Waals surface area contributed by atoms with Crippen LogP contribution in [-0.2, 0) is 4.79 Å². The zero-order valence-corrected chi connectivity index (χ0v) is 14.5. The lowest BCUT2D eigenvalue weighted by Crippen LogP contribution is -2.24. The van der Waals surface area contributed by atoms with E-state index >= 15 is 0 Å². The summed E-state index contributed by atoms with van der Waals surface area (Å²) in [6, 6.07) is 17.2. The van der Waals surface area contributed by atoms with Gasteiger partial charge in [-0.25, -0.2) is 4.68 Å². The zero-order chi connectivity index (χ0) is 17.6. The quantitative estimate of drug-likeness (QED) is 0.692. The number of nitrogens with zero attached hydrogens (tertiary/aromatic N) is 2. The molecule has 1 aromatic heterocycles. The number of carbonyl (C=O) groups excluding carboxylic acids is 1. The van der Waals surface area contributed by atoms with E-state index in [1.54, 1.807) is 17.0 Å². The van der Waals surface area contributed by atoms with Crippen molar-refractivity contribution in [2.24, 2.45) is 0 Å². The van der Waals surface area contributed by atoms with Crippen LogP contribution in [0.25, 0.3) is 11.8 Å². The molecule has 1 atom stereocenters. The molecule has 0 aliphatic heterocycles. The molecular weight excluding hydrogens is 334 g/mol. The van der Waals surface area contributed by atoms with Crippen molar-refractivity contribution in [1.82, 2.24) is 15.1 Å². The van der Waals surface area contributed by atoms with E-state index in [4.69, 9.17) is 11.6 Å². The molecule has 1 N–H and O–H groups in total. The van der Waals surface area contributed by atoms with E-state index in [-0.39, 0.29) is 11.9 Å². The van der Waals surface area contributed by atoms with Gasteiger partial charge in [-0.15, -0.1) is 0 Å². The van der Waals surface area contributed by atoms with Crippen molar-refractivity contribution in [3.8, 4) is 5.69 Å². The van der Waals surface area contributed by atoms with E-state index in [2.05, 4.69) is 10.4 Å². The van der Waals surface area contributed by atoms with Crippen molar-refractivity contribution < 1.29 is 4.79 Å². The van der Waals surface area contributed by atoms with Crippen LogP contribution in [0.2, 0.25) is 5.02 Å². The van der Waals surface area contributed by atoms with Gasteiger partial charge in [-0.3, -0.25) is 4.79 Å². The van der Waals surface area contributed by atoms with Crippen LogP contribution < -0.4 is 5.32 Å². The van der Waals surface area contributed by atoms with Crippen LogP contribution in [-0.4, -0.2) is 15.7 Å². The van der Waals surface area contributed by atoms with Gasteiger partial charge in [-0.2, -0.15) is 5.10 Å². The van der Waals surface area contributed by atoms with Crippen molar-refractivity contribution in [2.45, 2.75) is 13.0 Å². The Kier molecular flexibility index (Phi) is 5.31. The van der Waals surface area contributed by atoms with Gasteiger partial charge in [0.05, 0.1) is 17.9 Å². The fourth-order valence-electron chi connectivity index (χ4n) is 2.41. The molecule has 0 unspecified atom stereocenters. The Labute approximate surface area is 151 Å². The first-order chi connectivity index (χ1) is 12.1. The van der Waals surface area contributed by atoms with Crippen LogP contribution in [0.15, 0.2) is 73.1 Å². The molecule has 126 valence electrons. The fourth-order valence-corrected chi connectivity index (χ4v) is 2.54. The third-order valence-corrected chi connectivity index (χ3v) is 4.03. The number of hydrogen-bond acceptors (Lipinski definition) is 2. The Morgan fingerprint density at radius 1 is 1.16 bits per heavy atom. The van der Waals surface area contributed by atoms with E-state index in [9.17, 15) is 4.79 Å². The summed E-state index contributed by atoms with van der Waals surface area (Å²) in [4.78, 5) is 12.1. The number of nitrogens with one attached hydrogen (secondary N) is 1. The maximum Gasteiger partial charge on any atom is 0.244 e. The van der Waals surface area contributed by atoms with Crippen molar-refractivity contribution in [2.75, 3.05) is 0 Å². The van der Waals surface area contributed by atoms with Gasteiger partial charge in [-0.05, 0) is 42.8 Å². The number of halogens is 1. The molecule has 3 aromatic rings. The van der Waals surface area contributed by atoms with Gasteiger partial charge in [0.15, 0.2) is 0 Å². The van der Waals surface area contributed by atoms with Gasteiger partial charge < -0.3 is 5.32 Å². The monoisotopic (exact) mass is 351 g/mol. The summed E-state index contributed by atoms with van der Waals surface area (Å²) in [5.41, 5.74) is 2.84. The molecule has 0 saturated heterocycles. The third kappa shape index (κ3) is 4.58. The van der Waals surface area contributed by atoms with Crippen LogP contribution in [0.4, 0.5) is 0 Å². The van der Waals surface area contributed by atoms with Crippen LogP contribution >= 0.6 is 11.6 Å². The summed E-state index contributed by atoms with van der Waals surface area (Å²) in [5, 5.41) is 7.91. The molecule has 0 fully saturated rings. The number of aromatic nitrogens is 2. The Bertz CT molecular complexity index is 869. The standard InChI is InChI=1S/C20H18ClN3O/c1-15(17-8-10-18(21)11-9-17)23-20(25)12-7-16-13-22-24(14-16)19-5-3-2-4-6-19/h2-15H,1H3,(H,23,25)/b12-7+/t15-/m1/s1. The smallest absolute Gasteiger partial charge is 0.244 e. The second kappa shape index (κ2) is 7.81. The van der Waals surface area contributed by atoms with Crippen molar-refractivity contribution >= 4 is 23.6 Å². The summed E-state index contributed by atoms with van der Waals surface area (Å²) < 4.78 is 1.77. The number of rotatable bonds is 5. The van der Waals surface area contributed by atoms with E-state index in [1.807, 2.05) is 67.7 Å². The molecule has 0 aliphatic rings. The highest BCUT2D eigenvalue weighted by Crippen LogP contribution is 2.16. The minimum Gasteiger partial charge on any atom is -0.346 e. The second-order valence-electron chi connectivity index (χ2n) is 5.67. The molecule has 25 heavy (non-hydrogen) atoms. The van der Waals surface area contributed by atoms with Gasteiger partial charge in [0.1, 0.15) is 0 Å². The van der Waals surface area contributed by atoms with Crippen molar-refractivity contribution in [1.29, 1.82) is 0 Å². The average molecular weight is 352 g/mol. The molecule has 2 aromatic carbocycles.